The van der Waals surface area contributed by atoms with Gasteiger partial charge in [0.2, 0.25) is 0 Å². The second-order valence-electron chi connectivity index (χ2n) is 5.16. The maximum atomic E-state index is 2.29. The maximum absolute atomic E-state index is 2.29. The maximum Gasteiger partial charge on any atom is 0.121 e. The molecule has 0 fully saturated rings. The molecule has 0 atom stereocenters. The summed E-state index contributed by atoms with van der Waals surface area (Å²) in [7, 11) is 0.747. The van der Waals surface area contributed by atoms with E-state index in [1.807, 2.05) is 0 Å². The van der Waals surface area contributed by atoms with E-state index in [1.165, 1.54) is 32.6 Å². The monoisotopic (exact) mass is 270 g/mol. The van der Waals surface area contributed by atoms with Gasteiger partial charge in [0, 0.05) is 0 Å². The normalized spacial score (nSPS) is 12.0. The van der Waals surface area contributed by atoms with Gasteiger partial charge in [-0.1, -0.05) is 83.2 Å². The van der Waals surface area contributed by atoms with Crippen molar-refractivity contribution in [1.82, 2.24) is 0 Å². The predicted molar refractivity (Wildman–Crippen MR) is 86.1 cm³/mol. The Bertz CT molecular complexity index is 760. The van der Waals surface area contributed by atoms with Gasteiger partial charge in [0.1, 0.15) is 9.52 Å². The molecule has 1 heteroatoms. The summed E-state index contributed by atoms with van der Waals surface area (Å²) in [5, 5.41) is 2.90. The molecule has 0 N–H and O–H groups in total. The minimum absolute atomic E-state index is 0.747. The van der Waals surface area contributed by atoms with Crippen LogP contribution in [0, 0.1) is 0 Å². The Balaban J connectivity index is 1.78. The van der Waals surface area contributed by atoms with Gasteiger partial charge in [-0.3, -0.25) is 0 Å². The average Bonchev–Trinajstić information content (AvgIpc) is 2.88. The van der Waals surface area contributed by atoms with Gasteiger partial charge in [0.05, 0.1) is 0 Å². The van der Waals surface area contributed by atoms with E-state index in [0.29, 0.717) is 0 Å². The molecule has 0 aromatic heterocycles. The second-order valence-corrected chi connectivity index (χ2v) is 6.52. The fraction of sp³-hybridized carbons (Fsp3) is 0.0526. The standard InChI is InChI=1S/C19H14Si/c1-2-8-15(9-3-1)20-19-12-6-11-17-16-10-5-4-7-14(16)13-18(17)19/h1-12H,13H2. The molecule has 0 aliphatic heterocycles. The van der Waals surface area contributed by atoms with Crippen LogP contribution in [0.25, 0.3) is 11.1 Å². The van der Waals surface area contributed by atoms with Gasteiger partial charge in [0.15, 0.2) is 0 Å². The highest BCUT2D eigenvalue weighted by atomic mass is 28.2. The number of fused-ring (bicyclic) bond motifs is 3. The Morgan fingerprint density at radius 3 is 2.30 bits per heavy atom. The van der Waals surface area contributed by atoms with E-state index in [-0.39, 0.29) is 0 Å². The molecule has 0 spiro atoms. The van der Waals surface area contributed by atoms with Crippen molar-refractivity contribution in [2.75, 3.05) is 0 Å². The first-order valence-corrected chi connectivity index (χ1v) is 7.94. The van der Waals surface area contributed by atoms with E-state index >= 15 is 0 Å². The molecule has 0 unspecified atom stereocenters. The third-order valence-corrected chi connectivity index (χ3v) is 5.26. The highest BCUT2D eigenvalue weighted by molar-refractivity contribution is 6.68. The van der Waals surface area contributed by atoms with Crippen molar-refractivity contribution in [3.05, 3.63) is 83.9 Å². The van der Waals surface area contributed by atoms with Crippen LogP contribution in [0.1, 0.15) is 11.1 Å². The van der Waals surface area contributed by atoms with Crippen molar-refractivity contribution < 1.29 is 0 Å². The van der Waals surface area contributed by atoms with Crippen LogP contribution in [-0.4, -0.2) is 9.52 Å². The highest BCUT2D eigenvalue weighted by Crippen LogP contribution is 2.34. The van der Waals surface area contributed by atoms with E-state index in [1.54, 1.807) is 0 Å². The van der Waals surface area contributed by atoms with Gasteiger partial charge in [0.25, 0.3) is 0 Å². The van der Waals surface area contributed by atoms with E-state index in [9.17, 15) is 0 Å². The van der Waals surface area contributed by atoms with Crippen LogP contribution in [0.4, 0.5) is 0 Å². The summed E-state index contributed by atoms with van der Waals surface area (Å²) in [6, 6.07) is 26.3. The fourth-order valence-corrected chi connectivity index (χ4v) is 4.18. The van der Waals surface area contributed by atoms with Gasteiger partial charge in [-0.25, -0.2) is 0 Å². The third-order valence-electron chi connectivity index (χ3n) is 3.90. The minimum atomic E-state index is 0.747. The molecule has 94 valence electrons. The molecule has 1 aliphatic carbocycles. The molecular formula is C19H14Si. The SMILES string of the molecule is c1ccc([Si]c2cccc3c2Cc2ccccc2-3)cc1. The Hall–Kier alpha value is -2.12. The molecule has 0 saturated carbocycles. The van der Waals surface area contributed by atoms with Gasteiger partial charge in [-0.05, 0) is 28.7 Å². The highest BCUT2D eigenvalue weighted by Gasteiger charge is 2.20. The molecule has 0 amide bonds. The molecule has 0 heterocycles. The number of hydrogen-bond acceptors (Lipinski definition) is 0. The summed E-state index contributed by atoms with van der Waals surface area (Å²) in [4.78, 5) is 0. The topological polar surface area (TPSA) is 0 Å². The lowest BCUT2D eigenvalue weighted by atomic mass is 10.1. The fourth-order valence-electron chi connectivity index (χ4n) is 2.95. The Morgan fingerprint density at radius 1 is 0.650 bits per heavy atom. The quantitative estimate of drug-likeness (QED) is 0.491. The number of hydrogen-bond donors (Lipinski definition) is 0. The molecular weight excluding hydrogens is 256 g/mol. The van der Waals surface area contributed by atoms with Gasteiger partial charge in [-0.2, -0.15) is 0 Å². The lowest BCUT2D eigenvalue weighted by molar-refractivity contribution is 1.28. The van der Waals surface area contributed by atoms with E-state index in [0.717, 1.165) is 15.9 Å². The van der Waals surface area contributed by atoms with Crippen molar-refractivity contribution in [3.8, 4) is 11.1 Å². The lowest BCUT2D eigenvalue weighted by Gasteiger charge is -2.07. The van der Waals surface area contributed by atoms with Crippen LogP contribution in [0.3, 0.4) is 0 Å². The summed E-state index contributed by atoms with van der Waals surface area (Å²) in [6.07, 6.45) is 1.08. The molecule has 0 nitrogen and oxygen atoms in total. The zero-order valence-corrected chi connectivity index (χ0v) is 12.1. The van der Waals surface area contributed by atoms with Crippen molar-refractivity contribution >= 4 is 19.9 Å². The largest absolute Gasteiger partial charge is 0.121 e. The van der Waals surface area contributed by atoms with E-state index in [4.69, 9.17) is 0 Å². The van der Waals surface area contributed by atoms with Crippen molar-refractivity contribution in [1.29, 1.82) is 0 Å². The molecule has 2 radical (unpaired) electrons. The zero-order chi connectivity index (χ0) is 13.4. The smallest absolute Gasteiger partial charge is 0.0631 e. The first-order chi connectivity index (χ1) is 9.92. The van der Waals surface area contributed by atoms with Crippen LogP contribution in [0.2, 0.25) is 0 Å². The summed E-state index contributed by atoms with van der Waals surface area (Å²) in [6.45, 7) is 0. The summed E-state index contributed by atoms with van der Waals surface area (Å²) in [5.74, 6) is 0. The van der Waals surface area contributed by atoms with Crippen LogP contribution >= 0.6 is 0 Å². The van der Waals surface area contributed by atoms with Gasteiger partial charge in [-0.15, -0.1) is 0 Å². The molecule has 0 saturated heterocycles. The van der Waals surface area contributed by atoms with Crippen LogP contribution in [-0.2, 0) is 6.42 Å². The summed E-state index contributed by atoms with van der Waals surface area (Å²) in [5.41, 5.74) is 5.84. The van der Waals surface area contributed by atoms with Crippen molar-refractivity contribution in [2.24, 2.45) is 0 Å². The summed E-state index contributed by atoms with van der Waals surface area (Å²) >= 11 is 0. The van der Waals surface area contributed by atoms with Gasteiger partial charge < -0.3 is 0 Å². The Morgan fingerprint density at radius 2 is 1.40 bits per heavy atom. The molecule has 20 heavy (non-hydrogen) atoms. The summed E-state index contributed by atoms with van der Waals surface area (Å²) < 4.78 is 0. The Labute approximate surface area is 121 Å². The van der Waals surface area contributed by atoms with Gasteiger partial charge >= 0.3 is 0 Å². The second kappa shape index (κ2) is 4.77. The van der Waals surface area contributed by atoms with E-state index in [2.05, 4.69) is 72.8 Å². The molecule has 0 bridgehead atoms. The van der Waals surface area contributed by atoms with Crippen LogP contribution in [0.15, 0.2) is 72.8 Å². The van der Waals surface area contributed by atoms with Crippen molar-refractivity contribution in [2.45, 2.75) is 6.42 Å². The minimum Gasteiger partial charge on any atom is -0.0631 e. The average molecular weight is 270 g/mol. The first kappa shape index (κ1) is 11.7. The third kappa shape index (κ3) is 1.91. The number of rotatable bonds is 2. The number of benzene rings is 3. The first-order valence-electron chi connectivity index (χ1n) is 6.94. The van der Waals surface area contributed by atoms with Crippen LogP contribution in [0.5, 0.6) is 0 Å². The molecule has 3 aromatic carbocycles. The van der Waals surface area contributed by atoms with E-state index < -0.39 is 0 Å². The lowest BCUT2D eigenvalue weighted by Crippen LogP contribution is -2.29. The Kier molecular flexibility index (Phi) is 2.78. The zero-order valence-electron chi connectivity index (χ0n) is 11.1. The predicted octanol–water partition coefficient (Wildman–Crippen LogP) is 2.91. The molecule has 1 aliphatic rings. The van der Waals surface area contributed by atoms with Crippen LogP contribution < -0.4 is 10.4 Å². The van der Waals surface area contributed by atoms with Crippen molar-refractivity contribution in [3.63, 3.8) is 0 Å². The molecule has 3 aromatic rings. The molecule has 4 rings (SSSR count).